The van der Waals surface area contributed by atoms with Crippen LogP contribution in [-0.4, -0.2) is 13.0 Å². The van der Waals surface area contributed by atoms with Crippen LogP contribution in [0.4, 0.5) is 5.69 Å². The van der Waals surface area contributed by atoms with Gasteiger partial charge in [-0.25, -0.2) is 8.42 Å². The van der Waals surface area contributed by atoms with Crippen LogP contribution in [0.3, 0.4) is 0 Å². The van der Waals surface area contributed by atoms with Crippen LogP contribution in [0, 0.1) is 13.8 Å². The van der Waals surface area contributed by atoms with Gasteiger partial charge in [0.15, 0.2) is 5.76 Å². The smallest absolute Gasteiger partial charge is 0.262 e. The molecule has 1 atom stereocenters. The predicted molar refractivity (Wildman–Crippen MR) is 178 cm³/mol. The highest BCUT2D eigenvalue weighted by molar-refractivity contribution is 7.92. The van der Waals surface area contributed by atoms with Gasteiger partial charge in [0.2, 0.25) is 0 Å². The highest BCUT2D eigenvalue weighted by atomic mass is 32.2. The van der Waals surface area contributed by atoms with Gasteiger partial charge >= 0.3 is 0 Å². The summed E-state index contributed by atoms with van der Waals surface area (Å²) in [7, 11) is -3.92. The Bertz CT molecular complexity index is 2200. The van der Waals surface area contributed by atoms with E-state index in [1.807, 2.05) is 61.5 Å². The van der Waals surface area contributed by atoms with Crippen LogP contribution in [0.2, 0.25) is 0 Å². The highest BCUT2D eigenvalue weighted by Gasteiger charge is 2.31. The van der Waals surface area contributed by atoms with Gasteiger partial charge in [-0.2, -0.15) is 0 Å². The molecular formula is C38H32N2O3S. The lowest BCUT2D eigenvalue weighted by atomic mass is 10.0. The van der Waals surface area contributed by atoms with E-state index in [1.165, 1.54) is 11.1 Å². The van der Waals surface area contributed by atoms with Crippen molar-refractivity contribution in [2.24, 2.45) is 0 Å². The third-order valence-corrected chi connectivity index (χ3v) is 9.69. The molecule has 218 valence electrons. The molecule has 1 N–H and O–H groups in total. The minimum absolute atomic E-state index is 0.198. The number of fused-ring (bicyclic) bond motifs is 2. The Morgan fingerprint density at radius 3 is 2.05 bits per heavy atom. The summed E-state index contributed by atoms with van der Waals surface area (Å²) in [6.45, 7) is 4.08. The fourth-order valence-corrected chi connectivity index (χ4v) is 7.23. The molecule has 0 aliphatic heterocycles. The summed E-state index contributed by atoms with van der Waals surface area (Å²) >= 11 is 0. The molecular weight excluding hydrogens is 564 g/mol. The maximum absolute atomic E-state index is 13.8. The summed E-state index contributed by atoms with van der Waals surface area (Å²) in [5, 5.41) is 1.87. The van der Waals surface area contributed by atoms with Gasteiger partial charge in [-0.3, -0.25) is 4.72 Å². The molecule has 7 aromatic rings. The van der Waals surface area contributed by atoms with Crippen LogP contribution in [0.15, 0.2) is 143 Å². The molecule has 5 aromatic carbocycles. The Morgan fingerprint density at radius 1 is 0.705 bits per heavy atom. The van der Waals surface area contributed by atoms with E-state index in [0.29, 0.717) is 22.4 Å². The second-order valence-electron chi connectivity index (χ2n) is 11.2. The van der Waals surface area contributed by atoms with Crippen molar-refractivity contribution >= 4 is 37.6 Å². The van der Waals surface area contributed by atoms with Gasteiger partial charge < -0.3 is 8.98 Å². The minimum atomic E-state index is -3.92. The topological polar surface area (TPSA) is 64.2 Å². The van der Waals surface area contributed by atoms with Crippen LogP contribution >= 0.6 is 0 Å². The molecule has 44 heavy (non-hydrogen) atoms. The number of sulfonamides is 1. The number of furan rings is 1. The van der Waals surface area contributed by atoms with E-state index in [2.05, 4.69) is 70.8 Å². The molecule has 2 heterocycles. The first kappa shape index (κ1) is 27.7. The monoisotopic (exact) mass is 596 g/mol. The van der Waals surface area contributed by atoms with E-state index in [1.54, 1.807) is 24.3 Å². The van der Waals surface area contributed by atoms with Crippen molar-refractivity contribution in [3.05, 3.63) is 167 Å². The Hall–Kier alpha value is -5.07. The van der Waals surface area contributed by atoms with Gasteiger partial charge in [-0.15, -0.1) is 0 Å². The van der Waals surface area contributed by atoms with Crippen LogP contribution in [0.25, 0.3) is 21.9 Å². The maximum Gasteiger partial charge on any atom is 0.262 e. The van der Waals surface area contributed by atoms with E-state index >= 15 is 0 Å². The Balaban J connectivity index is 1.48. The molecule has 0 aliphatic carbocycles. The summed E-state index contributed by atoms with van der Waals surface area (Å²) in [6, 6.07) is 43.0. The molecule has 0 saturated heterocycles. The molecule has 7 rings (SSSR count). The Labute approximate surface area is 257 Å². The van der Waals surface area contributed by atoms with Crippen LogP contribution in [0.1, 0.15) is 39.7 Å². The van der Waals surface area contributed by atoms with E-state index in [0.717, 1.165) is 34.1 Å². The third kappa shape index (κ3) is 4.97. The molecule has 6 heteroatoms. The first-order valence-electron chi connectivity index (χ1n) is 14.7. The molecule has 0 spiro atoms. The Kier molecular flexibility index (Phi) is 7.07. The van der Waals surface area contributed by atoms with Crippen molar-refractivity contribution in [2.75, 3.05) is 4.72 Å². The van der Waals surface area contributed by atoms with Gasteiger partial charge in [-0.1, -0.05) is 109 Å². The van der Waals surface area contributed by atoms with E-state index < -0.39 is 16.1 Å². The van der Waals surface area contributed by atoms with Gasteiger partial charge in [0.05, 0.1) is 4.90 Å². The molecule has 0 saturated carbocycles. The number of para-hydroxylation sites is 2. The van der Waals surface area contributed by atoms with Crippen molar-refractivity contribution in [1.82, 2.24) is 4.57 Å². The van der Waals surface area contributed by atoms with E-state index in [-0.39, 0.29) is 4.90 Å². The fourth-order valence-electron chi connectivity index (χ4n) is 6.14. The minimum Gasteiger partial charge on any atom is -0.456 e. The molecule has 0 aliphatic rings. The van der Waals surface area contributed by atoms with Crippen molar-refractivity contribution in [1.29, 1.82) is 0 Å². The number of nitrogens with one attached hydrogen (secondary N) is 1. The second kappa shape index (κ2) is 11.2. The fraction of sp³-hybridized carbons (Fsp3) is 0.105. The van der Waals surface area contributed by atoms with Gasteiger partial charge in [0, 0.05) is 22.0 Å². The normalized spacial score (nSPS) is 12.5. The van der Waals surface area contributed by atoms with Gasteiger partial charge in [-0.05, 0) is 67.3 Å². The zero-order valence-corrected chi connectivity index (χ0v) is 25.4. The van der Waals surface area contributed by atoms with E-state index in [9.17, 15) is 8.42 Å². The van der Waals surface area contributed by atoms with Crippen LogP contribution in [0.5, 0.6) is 0 Å². The summed E-state index contributed by atoms with van der Waals surface area (Å²) in [6.07, 6.45) is 0.773. The predicted octanol–water partition coefficient (Wildman–Crippen LogP) is 9.03. The molecule has 2 aromatic heterocycles. The number of hydrogen-bond donors (Lipinski definition) is 1. The van der Waals surface area contributed by atoms with E-state index in [4.69, 9.17) is 4.42 Å². The number of benzene rings is 5. The number of nitrogens with zero attached hydrogens (tertiary/aromatic N) is 1. The lowest BCUT2D eigenvalue weighted by Crippen LogP contribution is -2.18. The third-order valence-electron chi connectivity index (χ3n) is 8.32. The molecule has 5 nitrogen and oxygen atoms in total. The largest absolute Gasteiger partial charge is 0.456 e. The summed E-state index contributed by atoms with van der Waals surface area (Å²) in [5.41, 5.74) is 7.63. The highest BCUT2D eigenvalue weighted by Crippen LogP contribution is 2.43. The first-order valence-corrected chi connectivity index (χ1v) is 16.2. The lowest BCUT2D eigenvalue weighted by Gasteiger charge is -2.23. The molecule has 1 unspecified atom stereocenters. The van der Waals surface area contributed by atoms with Crippen molar-refractivity contribution in [3.63, 3.8) is 0 Å². The average Bonchev–Trinajstić information content (AvgIpc) is 3.53. The van der Waals surface area contributed by atoms with Crippen LogP contribution < -0.4 is 4.72 Å². The molecule has 0 radical (unpaired) electrons. The van der Waals surface area contributed by atoms with Crippen molar-refractivity contribution < 1.29 is 12.8 Å². The number of aromatic nitrogens is 1. The number of aryl methyl sites for hydroxylation is 1. The van der Waals surface area contributed by atoms with Crippen molar-refractivity contribution in [3.8, 4) is 0 Å². The average molecular weight is 597 g/mol. The van der Waals surface area contributed by atoms with Crippen LogP contribution in [-0.2, 0) is 16.4 Å². The molecule has 0 amide bonds. The quantitative estimate of drug-likeness (QED) is 0.190. The van der Waals surface area contributed by atoms with Crippen molar-refractivity contribution in [2.45, 2.75) is 31.2 Å². The summed E-state index contributed by atoms with van der Waals surface area (Å²) in [4.78, 5) is 0.198. The zero-order valence-electron chi connectivity index (χ0n) is 24.6. The second-order valence-corrected chi connectivity index (χ2v) is 12.9. The summed E-state index contributed by atoms with van der Waals surface area (Å²) in [5.74, 6) is 0.531. The van der Waals surface area contributed by atoms with Gasteiger partial charge in [0.1, 0.15) is 17.3 Å². The summed E-state index contributed by atoms with van der Waals surface area (Å²) < 4.78 is 39.6. The molecule has 0 fully saturated rings. The number of hydrogen-bond acceptors (Lipinski definition) is 3. The molecule has 0 bridgehead atoms. The number of rotatable bonds is 8. The SMILES string of the molecule is Cc1ccc(S(=O)(=O)Nc2c(C(c3ccccc3)n3c(C)c(Cc4ccccc4)c4ccccc43)oc3ccccc23)cc1. The zero-order chi connectivity index (χ0) is 30.3. The lowest BCUT2D eigenvalue weighted by molar-refractivity contribution is 0.492. The van der Waals surface area contributed by atoms with Gasteiger partial charge in [0.25, 0.3) is 10.0 Å². The number of anilines is 1. The first-order chi connectivity index (χ1) is 21.4. The standard InChI is InChI=1S/C38H32N2O3S/c1-26-21-23-30(24-22-26)44(41,42)39-36-32-18-10-12-20-35(32)43-38(36)37(29-15-7-4-8-16-29)40-27(2)33(25-28-13-5-3-6-14-28)31-17-9-11-19-34(31)40/h3-24,37,39H,25H2,1-2H3. The Morgan fingerprint density at radius 2 is 1.32 bits per heavy atom. The maximum atomic E-state index is 13.8.